The quantitative estimate of drug-likeness (QED) is 0.103. The molecule has 3 aromatic carbocycles. The predicted octanol–water partition coefficient (Wildman–Crippen LogP) is 7.58. The number of hydrogen-bond donors (Lipinski definition) is 0. The van der Waals surface area contributed by atoms with E-state index in [9.17, 15) is 10.1 Å². The van der Waals surface area contributed by atoms with Gasteiger partial charge >= 0.3 is 0 Å². The number of non-ortho nitro benzene ring substituents is 1. The highest BCUT2D eigenvalue weighted by Crippen LogP contribution is 2.28. The zero-order chi connectivity index (χ0) is 25.3. The molecule has 1 saturated heterocycles. The van der Waals surface area contributed by atoms with Crippen LogP contribution < -0.4 is 9.64 Å². The van der Waals surface area contributed by atoms with Crippen molar-refractivity contribution < 1.29 is 9.66 Å². The number of piperazine rings is 1. The van der Waals surface area contributed by atoms with E-state index in [-0.39, 0.29) is 23.0 Å². The van der Waals surface area contributed by atoms with Gasteiger partial charge in [0.1, 0.15) is 5.75 Å². The smallest absolute Gasteiger partial charge is 0.270 e. The fourth-order valence-electron chi connectivity index (χ4n) is 4.22. The molecule has 6 nitrogen and oxygen atoms in total. The van der Waals surface area contributed by atoms with Crippen LogP contribution in [-0.2, 0) is 0 Å². The van der Waals surface area contributed by atoms with E-state index >= 15 is 0 Å². The summed E-state index contributed by atoms with van der Waals surface area (Å²) in [5.74, 6) is 0.652. The molecule has 196 valence electrons. The second-order valence-corrected chi connectivity index (χ2v) is 9.99. The van der Waals surface area contributed by atoms with Crippen molar-refractivity contribution in [1.82, 2.24) is 4.90 Å². The van der Waals surface area contributed by atoms with Crippen molar-refractivity contribution in [2.45, 2.75) is 12.8 Å². The van der Waals surface area contributed by atoms with Crippen molar-refractivity contribution in [3.8, 4) is 5.75 Å². The lowest BCUT2D eigenvalue weighted by atomic mass is 10.1. The fraction of sp³-hybridized carbons (Fsp3) is 0.286. The van der Waals surface area contributed by atoms with Crippen molar-refractivity contribution in [2.24, 2.45) is 0 Å². The minimum absolute atomic E-state index is 0. The lowest BCUT2D eigenvalue weighted by Gasteiger charge is -2.36. The zero-order valence-corrected chi connectivity index (χ0v) is 23.6. The largest absolute Gasteiger partial charge is 0.493 e. The zero-order valence-electron chi connectivity index (χ0n) is 20.4. The minimum Gasteiger partial charge on any atom is -0.493 e. The van der Waals surface area contributed by atoms with Gasteiger partial charge in [-0.1, -0.05) is 63.9 Å². The van der Waals surface area contributed by atoms with Crippen LogP contribution >= 0.6 is 39.9 Å². The van der Waals surface area contributed by atoms with Gasteiger partial charge in [-0.25, -0.2) is 0 Å². The Labute approximate surface area is 237 Å². The van der Waals surface area contributed by atoms with Crippen LogP contribution in [0, 0.1) is 10.1 Å². The molecule has 0 aliphatic carbocycles. The van der Waals surface area contributed by atoms with E-state index in [0.717, 1.165) is 60.6 Å². The Morgan fingerprint density at radius 1 is 0.946 bits per heavy atom. The summed E-state index contributed by atoms with van der Waals surface area (Å²) in [5.41, 5.74) is 2.91. The molecule has 0 unspecified atom stereocenters. The average Bonchev–Trinajstić information content (AvgIpc) is 2.88. The lowest BCUT2D eigenvalue weighted by molar-refractivity contribution is -0.384. The molecular formula is C28H30BrCl2N3O3. The first-order chi connectivity index (χ1) is 17.5. The first kappa shape index (κ1) is 29.0. The van der Waals surface area contributed by atoms with Gasteiger partial charge in [-0.3, -0.25) is 15.0 Å². The van der Waals surface area contributed by atoms with Gasteiger partial charge in [-0.15, -0.1) is 12.4 Å². The minimum atomic E-state index is -0.383. The number of anilines is 1. The van der Waals surface area contributed by atoms with Crippen LogP contribution in [0.3, 0.4) is 0 Å². The standard InChI is InChI=1S/C28H29BrClN3O3.ClH/c29-27-9-2-1-6-22(27)10-11-23-20-26(33(34)35)12-13-28(23)36-19-4-3-14-31-15-17-32(18-16-31)25-8-5-7-24(30)21-25;/h1-2,5-13,20-21H,3-4,14-19H2;1H/b11-10+;. The predicted molar refractivity (Wildman–Crippen MR) is 158 cm³/mol. The van der Waals surface area contributed by atoms with Crippen molar-refractivity contribution >= 4 is 63.5 Å². The molecule has 0 saturated carbocycles. The van der Waals surface area contributed by atoms with Crippen LogP contribution in [-0.4, -0.2) is 49.2 Å². The Hall–Kier alpha value is -2.58. The third-order valence-electron chi connectivity index (χ3n) is 6.22. The highest BCUT2D eigenvalue weighted by molar-refractivity contribution is 9.10. The number of rotatable bonds is 10. The molecule has 1 fully saturated rings. The van der Waals surface area contributed by atoms with E-state index in [4.69, 9.17) is 16.3 Å². The number of nitro groups is 1. The lowest BCUT2D eigenvalue weighted by Crippen LogP contribution is -2.46. The summed E-state index contributed by atoms with van der Waals surface area (Å²) >= 11 is 9.67. The maximum absolute atomic E-state index is 11.3. The Bertz CT molecular complexity index is 1220. The van der Waals surface area contributed by atoms with Crippen molar-refractivity contribution in [3.63, 3.8) is 0 Å². The molecular weight excluding hydrogens is 577 g/mol. The third-order valence-corrected chi connectivity index (χ3v) is 7.18. The van der Waals surface area contributed by atoms with Gasteiger partial charge < -0.3 is 9.64 Å². The van der Waals surface area contributed by atoms with E-state index in [1.165, 1.54) is 11.8 Å². The molecule has 1 aliphatic rings. The molecule has 3 aromatic rings. The summed E-state index contributed by atoms with van der Waals surface area (Å²) < 4.78 is 7.00. The second kappa shape index (κ2) is 14.4. The molecule has 0 aromatic heterocycles. The number of hydrogen-bond acceptors (Lipinski definition) is 5. The number of halogens is 3. The van der Waals surface area contributed by atoms with E-state index in [1.807, 2.05) is 54.6 Å². The summed E-state index contributed by atoms with van der Waals surface area (Å²) in [4.78, 5) is 15.8. The Kier molecular flexibility index (Phi) is 11.3. The topological polar surface area (TPSA) is 58.9 Å². The molecule has 4 rings (SSSR count). The summed E-state index contributed by atoms with van der Waals surface area (Å²) in [7, 11) is 0. The van der Waals surface area contributed by atoms with Gasteiger partial charge in [0.05, 0.1) is 11.5 Å². The molecule has 37 heavy (non-hydrogen) atoms. The molecule has 0 atom stereocenters. The van der Waals surface area contributed by atoms with Crippen molar-refractivity contribution in [3.05, 3.63) is 97.5 Å². The molecule has 1 heterocycles. The van der Waals surface area contributed by atoms with E-state index in [2.05, 4.69) is 31.8 Å². The molecule has 0 N–H and O–H groups in total. The Morgan fingerprint density at radius 2 is 1.70 bits per heavy atom. The highest BCUT2D eigenvalue weighted by atomic mass is 79.9. The van der Waals surface area contributed by atoms with E-state index < -0.39 is 0 Å². The number of unbranched alkanes of at least 4 members (excludes halogenated alkanes) is 1. The normalized spacial score (nSPS) is 13.9. The molecule has 0 amide bonds. The molecule has 0 bridgehead atoms. The SMILES string of the molecule is Cl.O=[N+]([O-])c1ccc(OCCCCN2CCN(c3cccc(Cl)c3)CC2)c(/C=C/c2ccccc2Br)c1. The number of ether oxygens (including phenoxy) is 1. The fourth-order valence-corrected chi connectivity index (χ4v) is 4.82. The second-order valence-electron chi connectivity index (χ2n) is 8.70. The number of nitro benzene ring substituents is 1. The Morgan fingerprint density at radius 3 is 2.43 bits per heavy atom. The summed E-state index contributed by atoms with van der Waals surface area (Å²) in [6.45, 7) is 5.64. The van der Waals surface area contributed by atoms with E-state index in [0.29, 0.717) is 17.9 Å². The maximum atomic E-state index is 11.3. The number of benzene rings is 3. The van der Waals surface area contributed by atoms with Crippen LogP contribution in [0.1, 0.15) is 24.0 Å². The Balaban J connectivity index is 0.00000380. The first-order valence-corrected chi connectivity index (χ1v) is 13.2. The maximum Gasteiger partial charge on any atom is 0.270 e. The van der Waals surface area contributed by atoms with Crippen LogP contribution in [0.4, 0.5) is 11.4 Å². The first-order valence-electron chi connectivity index (χ1n) is 12.1. The molecule has 0 spiro atoms. The van der Waals surface area contributed by atoms with Gasteiger partial charge in [-0.2, -0.15) is 0 Å². The van der Waals surface area contributed by atoms with Crippen molar-refractivity contribution in [1.29, 1.82) is 0 Å². The summed E-state index contributed by atoms with van der Waals surface area (Å²) in [6.07, 6.45) is 5.74. The third kappa shape index (κ3) is 8.47. The van der Waals surface area contributed by atoms with Crippen LogP contribution in [0.25, 0.3) is 12.2 Å². The summed E-state index contributed by atoms with van der Waals surface area (Å²) in [6, 6.07) is 20.6. The average molecular weight is 607 g/mol. The van der Waals surface area contributed by atoms with Crippen molar-refractivity contribution in [2.75, 3.05) is 44.2 Å². The number of nitrogens with zero attached hydrogens (tertiary/aromatic N) is 3. The highest BCUT2D eigenvalue weighted by Gasteiger charge is 2.17. The van der Waals surface area contributed by atoms with Crippen LogP contribution in [0.2, 0.25) is 5.02 Å². The van der Waals surface area contributed by atoms with Gasteiger partial charge in [0, 0.05) is 59.1 Å². The van der Waals surface area contributed by atoms with E-state index in [1.54, 1.807) is 12.1 Å². The van der Waals surface area contributed by atoms with Gasteiger partial charge in [-0.05, 0) is 55.3 Å². The monoisotopic (exact) mass is 605 g/mol. The van der Waals surface area contributed by atoms with Gasteiger partial charge in [0.25, 0.3) is 5.69 Å². The molecule has 0 radical (unpaired) electrons. The van der Waals surface area contributed by atoms with Crippen LogP contribution in [0.5, 0.6) is 5.75 Å². The molecule has 1 aliphatic heterocycles. The summed E-state index contributed by atoms with van der Waals surface area (Å²) in [5, 5.41) is 12.1. The van der Waals surface area contributed by atoms with Gasteiger partial charge in [0.2, 0.25) is 0 Å². The van der Waals surface area contributed by atoms with Crippen LogP contribution in [0.15, 0.2) is 71.2 Å². The molecule has 9 heteroatoms. The van der Waals surface area contributed by atoms with Gasteiger partial charge in [0.15, 0.2) is 0 Å².